The summed E-state index contributed by atoms with van der Waals surface area (Å²) in [5.41, 5.74) is 3.92. The lowest BCUT2D eigenvalue weighted by molar-refractivity contribution is -0.118. The van der Waals surface area contributed by atoms with Crippen molar-refractivity contribution in [1.29, 1.82) is 0 Å². The number of hydrogen-bond donors (Lipinski definition) is 1. The van der Waals surface area contributed by atoms with E-state index in [-0.39, 0.29) is 5.91 Å². The minimum Gasteiger partial charge on any atom is -0.361 e. The van der Waals surface area contributed by atoms with Crippen LogP contribution in [0.15, 0.2) is 28.8 Å². The van der Waals surface area contributed by atoms with E-state index in [2.05, 4.69) is 15.5 Å². The summed E-state index contributed by atoms with van der Waals surface area (Å²) in [6.07, 6.45) is 0. The number of thioether (sulfide) groups is 1. The summed E-state index contributed by atoms with van der Waals surface area (Å²) in [4.78, 5) is 17.9. The van der Waals surface area contributed by atoms with Crippen LogP contribution in [0.25, 0.3) is 11.3 Å². The molecule has 0 aliphatic rings. The fourth-order valence-electron chi connectivity index (χ4n) is 2.58. The molecule has 3 rings (SSSR count). The molecule has 27 heavy (non-hydrogen) atoms. The molecule has 0 aliphatic heterocycles. The van der Waals surface area contributed by atoms with Gasteiger partial charge in [-0.15, -0.1) is 23.1 Å². The van der Waals surface area contributed by atoms with E-state index in [0.29, 0.717) is 23.1 Å². The number of aromatic nitrogens is 2. The summed E-state index contributed by atoms with van der Waals surface area (Å²) < 4.78 is 5.14. The van der Waals surface area contributed by atoms with Crippen LogP contribution in [0.1, 0.15) is 26.9 Å². The molecule has 2 heterocycles. The monoisotopic (exact) mass is 421 g/mol. The molecule has 0 atom stereocenters. The van der Waals surface area contributed by atoms with Crippen LogP contribution < -0.4 is 5.32 Å². The van der Waals surface area contributed by atoms with Gasteiger partial charge in [0.25, 0.3) is 0 Å². The van der Waals surface area contributed by atoms with Crippen LogP contribution in [0.5, 0.6) is 0 Å². The number of amides is 1. The normalized spacial score (nSPS) is 11.0. The molecule has 5 nitrogen and oxygen atoms in total. The van der Waals surface area contributed by atoms with Gasteiger partial charge < -0.3 is 9.84 Å². The topological polar surface area (TPSA) is 68.0 Å². The van der Waals surface area contributed by atoms with Crippen molar-refractivity contribution in [3.05, 3.63) is 56.2 Å². The molecule has 0 radical (unpaired) electrons. The zero-order valence-electron chi connectivity index (χ0n) is 15.3. The Bertz CT molecular complexity index is 916. The summed E-state index contributed by atoms with van der Waals surface area (Å²) >= 11 is 9.09. The van der Waals surface area contributed by atoms with Crippen LogP contribution in [-0.2, 0) is 17.1 Å². The molecule has 3 aromatic rings. The molecular formula is C19H20ClN3O2S2. The van der Waals surface area contributed by atoms with E-state index in [1.807, 2.05) is 45.0 Å². The fraction of sp³-hybridized carbons (Fsp3) is 0.316. The van der Waals surface area contributed by atoms with Crippen LogP contribution in [0.4, 0.5) is 0 Å². The predicted octanol–water partition coefficient (Wildman–Crippen LogP) is 4.93. The molecule has 0 spiro atoms. The number of aryl methyl sites for hydroxylation is 3. The Labute approximate surface area is 171 Å². The molecular weight excluding hydrogens is 402 g/mol. The van der Waals surface area contributed by atoms with E-state index in [1.54, 1.807) is 23.1 Å². The number of halogens is 1. The molecule has 0 saturated heterocycles. The summed E-state index contributed by atoms with van der Waals surface area (Å²) in [5, 5.41) is 8.46. The Morgan fingerprint density at radius 1 is 1.26 bits per heavy atom. The summed E-state index contributed by atoms with van der Waals surface area (Å²) in [5.74, 6) is 1.91. The van der Waals surface area contributed by atoms with Gasteiger partial charge in [0.15, 0.2) is 0 Å². The Morgan fingerprint density at radius 3 is 2.67 bits per heavy atom. The molecule has 0 fully saturated rings. The highest BCUT2D eigenvalue weighted by Crippen LogP contribution is 2.28. The smallest absolute Gasteiger partial charge is 0.230 e. The summed E-state index contributed by atoms with van der Waals surface area (Å²) in [6.45, 7) is 6.27. The third-order valence-corrected chi connectivity index (χ3v) is 6.24. The Hall–Kier alpha value is -1.83. The Kier molecular flexibility index (Phi) is 6.57. The molecule has 1 aromatic carbocycles. The number of hydrogen-bond acceptors (Lipinski definition) is 6. The second kappa shape index (κ2) is 8.91. The highest BCUT2D eigenvalue weighted by molar-refractivity contribution is 7.99. The van der Waals surface area contributed by atoms with Gasteiger partial charge in [0, 0.05) is 26.8 Å². The van der Waals surface area contributed by atoms with Crippen LogP contribution in [0, 0.1) is 20.8 Å². The quantitative estimate of drug-likeness (QED) is 0.586. The Balaban J connectivity index is 1.50. The number of thiazole rings is 1. The van der Waals surface area contributed by atoms with Gasteiger partial charge in [-0.1, -0.05) is 28.9 Å². The number of rotatable bonds is 7. The van der Waals surface area contributed by atoms with E-state index in [4.69, 9.17) is 16.1 Å². The average molecular weight is 422 g/mol. The number of nitrogens with one attached hydrogen (secondary N) is 1. The first-order valence-electron chi connectivity index (χ1n) is 8.42. The van der Waals surface area contributed by atoms with E-state index in [0.717, 1.165) is 38.2 Å². The maximum Gasteiger partial charge on any atom is 0.230 e. The lowest BCUT2D eigenvalue weighted by atomic mass is 10.1. The molecule has 1 amide bonds. The maximum absolute atomic E-state index is 12.1. The maximum atomic E-state index is 12.1. The molecule has 0 bridgehead atoms. The minimum absolute atomic E-state index is 0.00680. The summed E-state index contributed by atoms with van der Waals surface area (Å²) in [7, 11) is 0. The van der Waals surface area contributed by atoms with Crippen molar-refractivity contribution in [2.45, 2.75) is 33.1 Å². The van der Waals surface area contributed by atoms with Gasteiger partial charge >= 0.3 is 0 Å². The van der Waals surface area contributed by atoms with Crippen molar-refractivity contribution in [3.63, 3.8) is 0 Å². The third-order valence-electron chi connectivity index (χ3n) is 4.06. The van der Waals surface area contributed by atoms with Crippen molar-refractivity contribution < 1.29 is 9.32 Å². The zero-order valence-corrected chi connectivity index (χ0v) is 17.7. The van der Waals surface area contributed by atoms with Crippen molar-refractivity contribution in [1.82, 2.24) is 15.5 Å². The van der Waals surface area contributed by atoms with E-state index in [9.17, 15) is 4.79 Å². The lowest BCUT2D eigenvalue weighted by Crippen LogP contribution is -2.24. The standard InChI is InChI=1S/C19H20ClN3O2S2/c1-11-16(12(2)25-23-11)9-26-10-17(24)21-8-18-22-19(13(3)27-18)14-4-6-15(20)7-5-14/h4-7H,8-10H2,1-3H3,(H,21,24). The highest BCUT2D eigenvalue weighted by Gasteiger charge is 2.12. The third kappa shape index (κ3) is 5.12. The lowest BCUT2D eigenvalue weighted by Gasteiger charge is -2.03. The molecule has 1 N–H and O–H groups in total. The van der Waals surface area contributed by atoms with E-state index < -0.39 is 0 Å². The predicted molar refractivity (Wildman–Crippen MR) is 111 cm³/mol. The molecule has 0 saturated carbocycles. The molecule has 2 aromatic heterocycles. The van der Waals surface area contributed by atoms with E-state index in [1.165, 1.54) is 0 Å². The van der Waals surface area contributed by atoms with Gasteiger partial charge in [0.1, 0.15) is 10.8 Å². The number of benzene rings is 1. The van der Waals surface area contributed by atoms with Crippen molar-refractivity contribution in [2.75, 3.05) is 5.75 Å². The molecule has 0 unspecified atom stereocenters. The van der Waals surface area contributed by atoms with Crippen LogP contribution >= 0.6 is 34.7 Å². The van der Waals surface area contributed by atoms with Gasteiger partial charge in [0.05, 0.1) is 23.7 Å². The first-order valence-corrected chi connectivity index (χ1v) is 10.8. The van der Waals surface area contributed by atoms with Gasteiger partial charge in [-0.25, -0.2) is 4.98 Å². The molecule has 142 valence electrons. The van der Waals surface area contributed by atoms with Crippen LogP contribution in [0.3, 0.4) is 0 Å². The second-order valence-electron chi connectivity index (χ2n) is 6.09. The highest BCUT2D eigenvalue weighted by atomic mass is 35.5. The van der Waals surface area contributed by atoms with Crippen LogP contribution in [-0.4, -0.2) is 21.8 Å². The Morgan fingerprint density at radius 2 is 2.00 bits per heavy atom. The van der Waals surface area contributed by atoms with Gasteiger partial charge in [0.2, 0.25) is 5.91 Å². The van der Waals surface area contributed by atoms with Crippen molar-refractivity contribution >= 4 is 40.6 Å². The summed E-state index contributed by atoms with van der Waals surface area (Å²) in [6, 6.07) is 7.62. The van der Waals surface area contributed by atoms with Crippen molar-refractivity contribution in [3.8, 4) is 11.3 Å². The van der Waals surface area contributed by atoms with Crippen LogP contribution in [0.2, 0.25) is 5.02 Å². The molecule has 8 heteroatoms. The minimum atomic E-state index is -0.00680. The number of carbonyl (C=O) groups is 1. The number of nitrogens with zero attached hydrogens (tertiary/aromatic N) is 2. The number of carbonyl (C=O) groups excluding carboxylic acids is 1. The second-order valence-corrected chi connectivity index (χ2v) is 8.80. The van der Waals surface area contributed by atoms with Gasteiger partial charge in [-0.3, -0.25) is 4.79 Å². The first-order chi connectivity index (χ1) is 12.9. The van der Waals surface area contributed by atoms with Crippen molar-refractivity contribution in [2.24, 2.45) is 0 Å². The fourth-order valence-corrected chi connectivity index (χ4v) is 4.61. The van der Waals surface area contributed by atoms with Gasteiger partial charge in [-0.05, 0) is 32.9 Å². The molecule has 0 aliphatic carbocycles. The first kappa shape index (κ1) is 19.9. The zero-order chi connectivity index (χ0) is 19.4. The SMILES string of the molecule is Cc1noc(C)c1CSCC(=O)NCc1nc(-c2ccc(Cl)cc2)c(C)s1. The largest absolute Gasteiger partial charge is 0.361 e. The van der Waals surface area contributed by atoms with Gasteiger partial charge in [-0.2, -0.15) is 0 Å². The van der Waals surface area contributed by atoms with E-state index >= 15 is 0 Å². The average Bonchev–Trinajstić information content (AvgIpc) is 3.17.